The van der Waals surface area contributed by atoms with E-state index < -0.39 is 6.09 Å². The Bertz CT molecular complexity index is 627. The first-order chi connectivity index (χ1) is 10.1. The molecule has 2 rings (SSSR count). The number of rotatable bonds is 4. The quantitative estimate of drug-likeness (QED) is 0.839. The Morgan fingerprint density at radius 2 is 1.71 bits per heavy atom. The molecule has 0 unspecified atom stereocenters. The van der Waals surface area contributed by atoms with Gasteiger partial charge in [0.2, 0.25) is 0 Å². The van der Waals surface area contributed by atoms with E-state index in [0.29, 0.717) is 12.3 Å². The highest BCUT2D eigenvalue weighted by Crippen LogP contribution is 2.24. The van der Waals surface area contributed by atoms with Crippen molar-refractivity contribution in [2.45, 2.75) is 13.8 Å². The fraction of sp³-hybridized carbons (Fsp3) is 0.188. The maximum atomic E-state index is 11.3. The molecule has 0 atom stereocenters. The summed E-state index contributed by atoms with van der Waals surface area (Å²) in [5.41, 5.74) is 3.54. The Hall–Kier alpha value is -2.20. The van der Waals surface area contributed by atoms with Gasteiger partial charge in [0.1, 0.15) is 0 Å². The minimum absolute atomic E-state index is 0.347. The van der Waals surface area contributed by atoms with Crippen molar-refractivity contribution >= 4 is 34.8 Å². The Kier molecular flexibility index (Phi) is 5.06. The molecule has 4 nitrogen and oxygen atoms in total. The van der Waals surface area contributed by atoms with Crippen molar-refractivity contribution in [3.05, 3.63) is 53.1 Å². The lowest BCUT2D eigenvalue weighted by Crippen LogP contribution is -2.13. The van der Waals surface area contributed by atoms with Crippen LogP contribution in [0.15, 0.2) is 42.5 Å². The zero-order valence-corrected chi connectivity index (χ0v) is 12.7. The SMILES string of the molecule is CCOC(=O)Nc1ccc(Nc2ccc(C)c(Cl)c2)cc1. The van der Waals surface area contributed by atoms with E-state index in [9.17, 15) is 4.79 Å². The van der Waals surface area contributed by atoms with Gasteiger partial charge in [-0.25, -0.2) is 4.79 Å². The standard InChI is InChI=1S/C16H17ClN2O2/c1-3-21-16(20)19-13-8-6-12(7-9-13)18-14-5-4-11(2)15(17)10-14/h4-10,18H,3H2,1-2H3,(H,19,20). The number of amides is 1. The molecule has 0 aliphatic heterocycles. The van der Waals surface area contributed by atoms with Crippen molar-refractivity contribution in [1.82, 2.24) is 0 Å². The Morgan fingerprint density at radius 3 is 2.33 bits per heavy atom. The first-order valence-electron chi connectivity index (χ1n) is 6.65. The Balaban J connectivity index is 2.01. The summed E-state index contributed by atoms with van der Waals surface area (Å²) >= 11 is 6.09. The van der Waals surface area contributed by atoms with Gasteiger partial charge in [0, 0.05) is 22.1 Å². The molecule has 0 aliphatic carbocycles. The van der Waals surface area contributed by atoms with Gasteiger partial charge in [0.05, 0.1) is 6.61 Å². The molecule has 0 bridgehead atoms. The number of anilines is 3. The van der Waals surface area contributed by atoms with Gasteiger partial charge in [-0.15, -0.1) is 0 Å². The van der Waals surface area contributed by atoms with E-state index in [-0.39, 0.29) is 0 Å². The van der Waals surface area contributed by atoms with Crippen molar-refractivity contribution in [2.24, 2.45) is 0 Å². The van der Waals surface area contributed by atoms with Crippen LogP contribution in [-0.2, 0) is 4.74 Å². The zero-order chi connectivity index (χ0) is 15.2. The molecule has 0 aromatic heterocycles. The highest BCUT2D eigenvalue weighted by atomic mass is 35.5. The third-order valence-electron chi connectivity index (χ3n) is 2.87. The van der Waals surface area contributed by atoms with Crippen molar-refractivity contribution in [1.29, 1.82) is 0 Å². The molecular weight excluding hydrogens is 288 g/mol. The average Bonchev–Trinajstić information content (AvgIpc) is 2.45. The number of hydrogen-bond donors (Lipinski definition) is 2. The van der Waals surface area contributed by atoms with Gasteiger partial charge in [0.25, 0.3) is 0 Å². The molecule has 2 aromatic rings. The minimum atomic E-state index is -0.455. The van der Waals surface area contributed by atoms with Crippen LogP contribution in [0.5, 0.6) is 0 Å². The van der Waals surface area contributed by atoms with E-state index in [4.69, 9.17) is 16.3 Å². The molecule has 0 fully saturated rings. The smallest absolute Gasteiger partial charge is 0.411 e. The summed E-state index contributed by atoms with van der Waals surface area (Å²) in [4.78, 5) is 11.3. The Labute approximate surface area is 129 Å². The number of carbonyl (C=O) groups is 1. The summed E-state index contributed by atoms with van der Waals surface area (Å²) in [6.45, 7) is 4.07. The van der Waals surface area contributed by atoms with Gasteiger partial charge in [-0.1, -0.05) is 17.7 Å². The van der Waals surface area contributed by atoms with E-state index in [2.05, 4.69) is 10.6 Å². The van der Waals surface area contributed by atoms with Crippen LogP contribution in [0.1, 0.15) is 12.5 Å². The normalized spacial score (nSPS) is 10.0. The monoisotopic (exact) mass is 304 g/mol. The summed E-state index contributed by atoms with van der Waals surface area (Å²) in [7, 11) is 0. The van der Waals surface area contributed by atoms with Gasteiger partial charge < -0.3 is 10.1 Å². The van der Waals surface area contributed by atoms with Gasteiger partial charge in [0.15, 0.2) is 0 Å². The van der Waals surface area contributed by atoms with Crippen molar-refractivity contribution < 1.29 is 9.53 Å². The number of halogens is 1. The molecule has 2 N–H and O–H groups in total. The van der Waals surface area contributed by atoms with Crippen LogP contribution in [0.25, 0.3) is 0 Å². The molecule has 0 saturated heterocycles. The number of ether oxygens (including phenoxy) is 1. The highest BCUT2D eigenvalue weighted by molar-refractivity contribution is 6.31. The van der Waals surface area contributed by atoms with Crippen molar-refractivity contribution in [2.75, 3.05) is 17.2 Å². The Morgan fingerprint density at radius 1 is 1.10 bits per heavy atom. The summed E-state index contributed by atoms with van der Waals surface area (Å²) in [6, 6.07) is 13.1. The van der Waals surface area contributed by atoms with Crippen LogP contribution >= 0.6 is 11.6 Å². The number of hydrogen-bond acceptors (Lipinski definition) is 3. The molecule has 0 spiro atoms. The molecule has 2 aromatic carbocycles. The molecule has 0 radical (unpaired) electrons. The second kappa shape index (κ2) is 6.99. The number of nitrogens with one attached hydrogen (secondary N) is 2. The van der Waals surface area contributed by atoms with Crippen LogP contribution < -0.4 is 10.6 Å². The van der Waals surface area contributed by atoms with E-state index in [0.717, 1.165) is 22.0 Å². The fourth-order valence-electron chi connectivity index (χ4n) is 1.76. The molecule has 0 aliphatic rings. The van der Waals surface area contributed by atoms with Crippen LogP contribution in [0, 0.1) is 6.92 Å². The molecule has 0 heterocycles. The van der Waals surface area contributed by atoms with E-state index >= 15 is 0 Å². The van der Waals surface area contributed by atoms with Crippen LogP contribution in [-0.4, -0.2) is 12.7 Å². The number of benzene rings is 2. The average molecular weight is 305 g/mol. The van der Waals surface area contributed by atoms with Crippen LogP contribution in [0.2, 0.25) is 5.02 Å². The summed E-state index contributed by atoms with van der Waals surface area (Å²) < 4.78 is 4.82. The molecule has 21 heavy (non-hydrogen) atoms. The number of aryl methyl sites for hydroxylation is 1. The highest BCUT2D eigenvalue weighted by Gasteiger charge is 2.02. The zero-order valence-electron chi connectivity index (χ0n) is 11.9. The maximum Gasteiger partial charge on any atom is 0.411 e. The van der Waals surface area contributed by atoms with Crippen LogP contribution in [0.4, 0.5) is 21.9 Å². The summed E-state index contributed by atoms with van der Waals surface area (Å²) in [5, 5.41) is 6.61. The van der Waals surface area contributed by atoms with Crippen molar-refractivity contribution in [3.8, 4) is 0 Å². The van der Waals surface area contributed by atoms with Crippen molar-refractivity contribution in [3.63, 3.8) is 0 Å². The third kappa shape index (κ3) is 4.39. The lowest BCUT2D eigenvalue weighted by atomic mass is 10.2. The second-order valence-electron chi connectivity index (χ2n) is 4.51. The number of carbonyl (C=O) groups excluding carboxylic acids is 1. The molecule has 110 valence electrons. The van der Waals surface area contributed by atoms with E-state index in [1.807, 2.05) is 37.3 Å². The topological polar surface area (TPSA) is 50.4 Å². The first kappa shape index (κ1) is 15.2. The molecule has 5 heteroatoms. The first-order valence-corrected chi connectivity index (χ1v) is 7.03. The minimum Gasteiger partial charge on any atom is -0.450 e. The predicted octanol–water partition coefficient (Wildman–Crippen LogP) is 4.96. The lowest BCUT2D eigenvalue weighted by molar-refractivity contribution is 0.168. The van der Waals surface area contributed by atoms with Crippen LogP contribution in [0.3, 0.4) is 0 Å². The fourth-order valence-corrected chi connectivity index (χ4v) is 1.94. The summed E-state index contributed by atoms with van der Waals surface area (Å²) in [5.74, 6) is 0. The molecule has 1 amide bonds. The molecular formula is C16H17ClN2O2. The lowest BCUT2D eigenvalue weighted by Gasteiger charge is -2.09. The van der Waals surface area contributed by atoms with Gasteiger partial charge in [-0.3, -0.25) is 5.32 Å². The van der Waals surface area contributed by atoms with Gasteiger partial charge in [-0.05, 0) is 55.8 Å². The largest absolute Gasteiger partial charge is 0.450 e. The van der Waals surface area contributed by atoms with Gasteiger partial charge >= 0.3 is 6.09 Å². The third-order valence-corrected chi connectivity index (χ3v) is 3.27. The van der Waals surface area contributed by atoms with Gasteiger partial charge in [-0.2, -0.15) is 0 Å². The maximum absolute atomic E-state index is 11.3. The van der Waals surface area contributed by atoms with E-state index in [1.165, 1.54) is 0 Å². The molecule has 0 saturated carbocycles. The predicted molar refractivity (Wildman–Crippen MR) is 86.6 cm³/mol. The second-order valence-corrected chi connectivity index (χ2v) is 4.92. The summed E-state index contributed by atoms with van der Waals surface area (Å²) in [6.07, 6.45) is -0.455. The van der Waals surface area contributed by atoms with E-state index in [1.54, 1.807) is 19.1 Å².